The Morgan fingerprint density at radius 3 is 1.30 bits per heavy atom. The van der Waals surface area contributed by atoms with Crippen LogP contribution in [0, 0.1) is 0 Å². The molecule has 1 aliphatic heterocycles. The van der Waals surface area contributed by atoms with Crippen molar-refractivity contribution < 1.29 is 0 Å². The molecule has 2 aliphatic carbocycles. The molecule has 0 atom stereocenters. The normalized spacial score (nSPS) is 33.6. The molecular weight excluding hydrogens is 276 g/mol. The highest BCUT2D eigenvalue weighted by Gasteiger charge is 2.41. The van der Waals surface area contributed by atoms with E-state index in [0.717, 1.165) is 12.1 Å². The van der Waals surface area contributed by atoms with Crippen LogP contribution in [-0.2, 0) is 0 Å². The van der Waals surface area contributed by atoms with E-state index >= 15 is 0 Å². The van der Waals surface area contributed by atoms with E-state index in [4.69, 9.17) is 0 Å². The smallest absolute Gasteiger partial charge is 0.108 e. The zero-order chi connectivity index (χ0) is 13.9. The van der Waals surface area contributed by atoms with Gasteiger partial charge in [-0.1, -0.05) is 38.5 Å². The van der Waals surface area contributed by atoms with Crippen molar-refractivity contribution in [2.24, 2.45) is 0 Å². The molecule has 1 heterocycles. The van der Waals surface area contributed by atoms with E-state index in [1.165, 1.54) is 64.2 Å². The molecule has 2 nitrogen and oxygen atoms in total. The molecule has 0 amide bonds. The van der Waals surface area contributed by atoms with Gasteiger partial charge in [-0.05, 0) is 51.1 Å². The summed E-state index contributed by atoms with van der Waals surface area (Å²) in [5.41, 5.74) is 3.42. The summed E-state index contributed by atoms with van der Waals surface area (Å²) in [7, 11) is 4.00. The summed E-state index contributed by atoms with van der Waals surface area (Å²) in [6.45, 7) is 0. The van der Waals surface area contributed by atoms with Crippen LogP contribution < -0.4 is 0 Å². The topological polar surface area (TPSA) is 6.48 Å². The summed E-state index contributed by atoms with van der Waals surface area (Å²) in [5, 5.41) is 0. The molecule has 20 heavy (non-hydrogen) atoms. The molecule has 116 valence electrons. The molecule has 3 aliphatic rings. The first-order valence-corrected chi connectivity index (χ1v) is 13.5. The van der Waals surface area contributed by atoms with Crippen molar-refractivity contribution in [1.82, 2.24) is 9.13 Å². The van der Waals surface area contributed by atoms with Gasteiger partial charge in [0.25, 0.3) is 0 Å². The monoisotopic (exact) mass is 310 g/mol. The Morgan fingerprint density at radius 2 is 0.950 bits per heavy atom. The molecule has 1 saturated heterocycles. The first-order chi connectivity index (χ1) is 9.75. The molecule has 0 aromatic rings. The van der Waals surface area contributed by atoms with Crippen LogP contribution in [0.2, 0.25) is 11.3 Å². The summed E-state index contributed by atoms with van der Waals surface area (Å²) in [5.74, 6) is 0. The molecule has 0 unspecified atom stereocenters. The van der Waals surface area contributed by atoms with Crippen molar-refractivity contribution in [1.29, 1.82) is 0 Å². The standard InChI is InChI=1S/C16H34N2Si2/c1-17(15-9-5-3-6-10-15)19-13-20(14-19)18(2)16-11-7-4-8-12-16/h15-16,19-20H,3-14H2,1-2H3. The lowest BCUT2D eigenvalue weighted by atomic mass is 9.96. The Bertz CT molecular complexity index is 267. The van der Waals surface area contributed by atoms with Crippen molar-refractivity contribution in [2.75, 3.05) is 14.1 Å². The van der Waals surface area contributed by atoms with Gasteiger partial charge >= 0.3 is 0 Å². The fraction of sp³-hybridized carbons (Fsp3) is 1.00. The van der Waals surface area contributed by atoms with Gasteiger partial charge in [-0.15, -0.1) is 0 Å². The maximum atomic E-state index is 2.91. The zero-order valence-corrected chi connectivity index (χ0v) is 16.0. The van der Waals surface area contributed by atoms with Crippen LogP contribution in [0.15, 0.2) is 0 Å². The van der Waals surface area contributed by atoms with Crippen LogP contribution in [0.1, 0.15) is 64.2 Å². The van der Waals surface area contributed by atoms with E-state index in [-0.39, 0.29) is 0 Å². The SMILES string of the molecule is CN(C1CCCCC1)[SiH]1C[SiH](N(C)C2CCCCC2)C1. The highest BCUT2D eigenvalue weighted by atomic mass is 28.4. The fourth-order valence-corrected chi connectivity index (χ4v) is 16.4. The maximum Gasteiger partial charge on any atom is 0.108 e. The van der Waals surface area contributed by atoms with Crippen LogP contribution >= 0.6 is 0 Å². The Morgan fingerprint density at radius 1 is 0.600 bits per heavy atom. The van der Waals surface area contributed by atoms with Crippen LogP contribution in [0.3, 0.4) is 0 Å². The van der Waals surface area contributed by atoms with Crippen LogP contribution in [0.25, 0.3) is 0 Å². The average molecular weight is 311 g/mol. The minimum atomic E-state index is -0.483. The van der Waals surface area contributed by atoms with E-state index < -0.39 is 17.9 Å². The minimum Gasteiger partial charge on any atom is -0.326 e. The lowest BCUT2D eigenvalue weighted by molar-refractivity contribution is 0.274. The number of rotatable bonds is 4. The van der Waals surface area contributed by atoms with E-state index in [9.17, 15) is 0 Å². The van der Waals surface area contributed by atoms with E-state index in [2.05, 4.69) is 23.2 Å². The summed E-state index contributed by atoms with van der Waals surface area (Å²) in [6.07, 6.45) is 15.0. The summed E-state index contributed by atoms with van der Waals surface area (Å²) in [4.78, 5) is 0. The van der Waals surface area contributed by atoms with Crippen molar-refractivity contribution in [3.63, 3.8) is 0 Å². The molecule has 0 spiro atoms. The third-order valence-electron chi connectivity index (χ3n) is 6.54. The third-order valence-corrected chi connectivity index (χ3v) is 18.4. The molecule has 0 radical (unpaired) electrons. The molecule has 0 bridgehead atoms. The summed E-state index contributed by atoms with van der Waals surface area (Å²) in [6, 6.07) is 1.96. The predicted octanol–water partition coefficient (Wildman–Crippen LogP) is 3.06. The number of nitrogens with zero attached hydrogens (tertiary/aromatic N) is 2. The first-order valence-electron chi connectivity index (χ1n) is 9.19. The molecule has 3 fully saturated rings. The first kappa shape index (κ1) is 15.3. The summed E-state index contributed by atoms with van der Waals surface area (Å²) >= 11 is 0. The lowest BCUT2D eigenvalue weighted by Gasteiger charge is -2.49. The second-order valence-corrected chi connectivity index (χ2v) is 15.7. The Hall–Kier alpha value is 0.354. The van der Waals surface area contributed by atoms with Gasteiger partial charge in [0.2, 0.25) is 0 Å². The quantitative estimate of drug-likeness (QED) is 0.736. The Balaban J connectivity index is 1.43. The minimum absolute atomic E-state index is 0.483. The Kier molecular flexibility index (Phi) is 5.40. The zero-order valence-electron chi connectivity index (χ0n) is 13.7. The van der Waals surface area contributed by atoms with Gasteiger partial charge in [0, 0.05) is 12.1 Å². The predicted molar refractivity (Wildman–Crippen MR) is 93.2 cm³/mol. The van der Waals surface area contributed by atoms with E-state index in [0.29, 0.717) is 0 Å². The number of hydrogen-bond acceptors (Lipinski definition) is 2. The van der Waals surface area contributed by atoms with Crippen molar-refractivity contribution in [2.45, 2.75) is 87.6 Å². The van der Waals surface area contributed by atoms with Gasteiger partial charge < -0.3 is 9.13 Å². The van der Waals surface area contributed by atoms with Crippen LogP contribution in [-0.4, -0.2) is 53.2 Å². The molecule has 4 heteroatoms. The number of hydrogen-bond donors (Lipinski definition) is 0. The highest BCUT2D eigenvalue weighted by Crippen LogP contribution is 2.33. The maximum absolute atomic E-state index is 2.91. The van der Waals surface area contributed by atoms with Crippen LogP contribution in [0.5, 0.6) is 0 Å². The summed E-state index contributed by atoms with van der Waals surface area (Å²) < 4.78 is 5.83. The molecule has 0 N–H and O–H groups in total. The molecule has 3 rings (SSSR count). The van der Waals surface area contributed by atoms with Gasteiger partial charge in [0.05, 0.1) is 0 Å². The van der Waals surface area contributed by atoms with Crippen LogP contribution in [0.4, 0.5) is 0 Å². The third kappa shape index (κ3) is 3.39. The highest BCUT2D eigenvalue weighted by molar-refractivity contribution is 6.92. The van der Waals surface area contributed by atoms with Crippen molar-refractivity contribution >= 4 is 17.9 Å². The van der Waals surface area contributed by atoms with Gasteiger partial charge in [0.1, 0.15) is 17.9 Å². The molecule has 0 aromatic carbocycles. The van der Waals surface area contributed by atoms with Gasteiger partial charge in [-0.25, -0.2) is 0 Å². The van der Waals surface area contributed by atoms with Gasteiger partial charge in [-0.2, -0.15) is 0 Å². The molecular formula is C16H34N2Si2. The second-order valence-electron chi connectivity index (χ2n) is 7.69. The molecule has 0 aromatic heterocycles. The van der Waals surface area contributed by atoms with E-state index in [1.807, 2.05) is 0 Å². The largest absolute Gasteiger partial charge is 0.326 e. The van der Waals surface area contributed by atoms with Gasteiger partial charge in [-0.3, -0.25) is 0 Å². The van der Waals surface area contributed by atoms with E-state index in [1.54, 1.807) is 11.3 Å². The average Bonchev–Trinajstić information content (AvgIpc) is 2.47. The van der Waals surface area contributed by atoms with Gasteiger partial charge in [0.15, 0.2) is 0 Å². The Labute approximate surface area is 129 Å². The molecule has 2 saturated carbocycles. The van der Waals surface area contributed by atoms with Crippen molar-refractivity contribution in [3.05, 3.63) is 0 Å². The fourth-order valence-electron chi connectivity index (χ4n) is 4.80. The lowest BCUT2D eigenvalue weighted by Crippen LogP contribution is -2.61. The van der Waals surface area contributed by atoms with Crippen molar-refractivity contribution in [3.8, 4) is 0 Å². The second kappa shape index (κ2) is 7.08.